The molecular weight excluding hydrogens is 188 g/mol. The lowest BCUT2D eigenvalue weighted by Gasteiger charge is -2.33. The highest BCUT2D eigenvalue weighted by Crippen LogP contribution is 2.33. The van der Waals surface area contributed by atoms with E-state index in [1.807, 2.05) is 6.92 Å². The topological polar surface area (TPSA) is 35.5 Å². The lowest BCUT2D eigenvalue weighted by atomic mass is 9.82. The van der Waals surface area contributed by atoms with Gasteiger partial charge in [0.2, 0.25) is 0 Å². The molecule has 0 aliphatic carbocycles. The minimum atomic E-state index is -0.391. The van der Waals surface area contributed by atoms with Gasteiger partial charge in [-0.05, 0) is 19.8 Å². The molecule has 1 aliphatic heterocycles. The maximum Gasteiger partial charge on any atom is 0.313 e. The van der Waals surface area contributed by atoms with Crippen LogP contribution >= 0.6 is 12.6 Å². The van der Waals surface area contributed by atoms with Crippen LogP contribution in [0.15, 0.2) is 0 Å². The summed E-state index contributed by atoms with van der Waals surface area (Å²) in [6, 6.07) is 0. The third kappa shape index (κ3) is 2.38. The summed E-state index contributed by atoms with van der Waals surface area (Å²) < 4.78 is 10.2. The van der Waals surface area contributed by atoms with Gasteiger partial charge in [-0.2, -0.15) is 12.6 Å². The molecule has 3 nitrogen and oxygen atoms in total. The first-order valence-corrected chi connectivity index (χ1v) is 5.24. The van der Waals surface area contributed by atoms with Crippen molar-refractivity contribution in [1.82, 2.24) is 0 Å². The molecule has 0 spiro atoms. The zero-order chi connectivity index (χ0) is 9.73. The Morgan fingerprint density at radius 3 is 2.62 bits per heavy atom. The SMILES string of the molecule is CCOC(=O)C1(CS)CCOCC1. The molecule has 1 heterocycles. The quantitative estimate of drug-likeness (QED) is 0.555. The average molecular weight is 204 g/mol. The molecule has 0 aromatic rings. The smallest absolute Gasteiger partial charge is 0.313 e. The molecule has 0 radical (unpaired) electrons. The molecule has 1 aliphatic rings. The first-order valence-electron chi connectivity index (χ1n) is 4.61. The summed E-state index contributed by atoms with van der Waals surface area (Å²) in [7, 11) is 0. The monoisotopic (exact) mass is 204 g/mol. The van der Waals surface area contributed by atoms with E-state index in [1.165, 1.54) is 0 Å². The summed E-state index contributed by atoms with van der Waals surface area (Å²) in [5.74, 6) is 0.433. The van der Waals surface area contributed by atoms with Crippen molar-refractivity contribution in [2.75, 3.05) is 25.6 Å². The van der Waals surface area contributed by atoms with E-state index in [2.05, 4.69) is 12.6 Å². The Morgan fingerprint density at radius 1 is 1.54 bits per heavy atom. The van der Waals surface area contributed by atoms with Crippen molar-refractivity contribution >= 4 is 18.6 Å². The van der Waals surface area contributed by atoms with Crippen LogP contribution in [-0.4, -0.2) is 31.5 Å². The molecule has 0 aromatic heterocycles. The first kappa shape index (κ1) is 10.9. The Balaban J connectivity index is 2.61. The summed E-state index contributed by atoms with van der Waals surface area (Å²) in [5, 5.41) is 0. The van der Waals surface area contributed by atoms with Crippen LogP contribution in [0.4, 0.5) is 0 Å². The van der Waals surface area contributed by atoms with E-state index < -0.39 is 5.41 Å². The minimum absolute atomic E-state index is 0.117. The molecule has 1 fully saturated rings. The molecule has 1 rings (SSSR count). The average Bonchev–Trinajstić information content (AvgIpc) is 2.19. The molecule has 13 heavy (non-hydrogen) atoms. The Kier molecular flexibility index (Phi) is 4.06. The minimum Gasteiger partial charge on any atom is -0.466 e. The number of hydrogen-bond donors (Lipinski definition) is 1. The van der Waals surface area contributed by atoms with Crippen molar-refractivity contribution in [3.05, 3.63) is 0 Å². The van der Waals surface area contributed by atoms with Gasteiger partial charge in [0.1, 0.15) is 0 Å². The van der Waals surface area contributed by atoms with Crippen molar-refractivity contribution in [2.45, 2.75) is 19.8 Å². The van der Waals surface area contributed by atoms with Gasteiger partial charge in [-0.3, -0.25) is 4.79 Å². The van der Waals surface area contributed by atoms with Gasteiger partial charge < -0.3 is 9.47 Å². The predicted molar refractivity (Wildman–Crippen MR) is 53.0 cm³/mol. The molecule has 0 saturated carbocycles. The number of ether oxygens (including phenoxy) is 2. The highest BCUT2D eigenvalue weighted by molar-refractivity contribution is 7.80. The third-order valence-electron chi connectivity index (χ3n) is 2.46. The Labute approximate surface area is 84.2 Å². The second-order valence-corrected chi connectivity index (χ2v) is 3.59. The lowest BCUT2D eigenvalue weighted by molar-refractivity contribution is -0.159. The van der Waals surface area contributed by atoms with Gasteiger partial charge >= 0.3 is 5.97 Å². The fraction of sp³-hybridized carbons (Fsp3) is 0.889. The maximum absolute atomic E-state index is 11.6. The van der Waals surface area contributed by atoms with Crippen molar-refractivity contribution in [1.29, 1.82) is 0 Å². The number of hydrogen-bond acceptors (Lipinski definition) is 4. The molecule has 0 unspecified atom stereocenters. The standard InChI is InChI=1S/C9H16O3S/c1-2-12-8(10)9(7-13)3-5-11-6-4-9/h13H,2-7H2,1H3. The highest BCUT2D eigenvalue weighted by atomic mass is 32.1. The summed E-state index contributed by atoms with van der Waals surface area (Å²) in [5.41, 5.74) is -0.391. The van der Waals surface area contributed by atoms with Crippen molar-refractivity contribution in [3.8, 4) is 0 Å². The largest absolute Gasteiger partial charge is 0.466 e. The fourth-order valence-electron chi connectivity index (χ4n) is 1.47. The van der Waals surface area contributed by atoms with Crippen LogP contribution in [0.3, 0.4) is 0 Å². The number of rotatable bonds is 3. The first-order chi connectivity index (χ1) is 6.25. The van der Waals surface area contributed by atoms with Crippen LogP contribution in [-0.2, 0) is 14.3 Å². The molecule has 0 bridgehead atoms. The van der Waals surface area contributed by atoms with Crippen molar-refractivity contribution < 1.29 is 14.3 Å². The number of thiol groups is 1. The normalized spacial score (nSPS) is 21.1. The summed E-state index contributed by atoms with van der Waals surface area (Å²) in [6.45, 7) is 3.54. The number of carbonyl (C=O) groups excluding carboxylic acids is 1. The van der Waals surface area contributed by atoms with Gasteiger partial charge in [-0.25, -0.2) is 0 Å². The van der Waals surface area contributed by atoms with Crippen LogP contribution in [0, 0.1) is 5.41 Å². The van der Waals surface area contributed by atoms with Crippen LogP contribution in [0.5, 0.6) is 0 Å². The molecule has 4 heteroatoms. The van der Waals surface area contributed by atoms with Gasteiger partial charge in [-0.1, -0.05) is 0 Å². The Morgan fingerprint density at radius 2 is 2.15 bits per heavy atom. The van der Waals surface area contributed by atoms with Crippen molar-refractivity contribution in [2.24, 2.45) is 5.41 Å². The molecule has 0 atom stereocenters. The summed E-state index contributed by atoms with van der Waals surface area (Å²) in [4.78, 5) is 11.6. The van der Waals surface area contributed by atoms with Gasteiger partial charge in [0.25, 0.3) is 0 Å². The molecule has 1 saturated heterocycles. The van der Waals surface area contributed by atoms with Gasteiger partial charge in [-0.15, -0.1) is 0 Å². The van der Waals surface area contributed by atoms with E-state index >= 15 is 0 Å². The molecule has 0 aromatic carbocycles. The number of esters is 1. The van der Waals surface area contributed by atoms with Crippen molar-refractivity contribution in [3.63, 3.8) is 0 Å². The zero-order valence-corrected chi connectivity index (χ0v) is 8.81. The molecule has 0 N–H and O–H groups in total. The summed E-state index contributed by atoms with van der Waals surface area (Å²) >= 11 is 4.23. The molecular formula is C9H16O3S. The van der Waals surface area contributed by atoms with Crippen LogP contribution < -0.4 is 0 Å². The number of carbonyl (C=O) groups is 1. The van der Waals surface area contributed by atoms with E-state index in [9.17, 15) is 4.79 Å². The third-order valence-corrected chi connectivity index (χ3v) is 3.07. The molecule has 76 valence electrons. The second-order valence-electron chi connectivity index (χ2n) is 3.27. The van der Waals surface area contributed by atoms with E-state index in [0.29, 0.717) is 25.6 Å². The molecule has 0 amide bonds. The Bertz CT molecular complexity index is 176. The zero-order valence-electron chi connectivity index (χ0n) is 7.91. The summed E-state index contributed by atoms with van der Waals surface area (Å²) in [6.07, 6.45) is 1.46. The van der Waals surface area contributed by atoms with E-state index in [-0.39, 0.29) is 5.97 Å². The van der Waals surface area contributed by atoms with Crippen LogP contribution in [0.25, 0.3) is 0 Å². The highest BCUT2D eigenvalue weighted by Gasteiger charge is 2.40. The maximum atomic E-state index is 11.6. The van der Waals surface area contributed by atoms with Gasteiger partial charge in [0.05, 0.1) is 12.0 Å². The van der Waals surface area contributed by atoms with Crippen LogP contribution in [0.1, 0.15) is 19.8 Å². The fourth-order valence-corrected chi connectivity index (χ4v) is 1.92. The van der Waals surface area contributed by atoms with E-state index in [1.54, 1.807) is 0 Å². The van der Waals surface area contributed by atoms with E-state index in [0.717, 1.165) is 12.8 Å². The Hall–Kier alpha value is -0.220. The lowest BCUT2D eigenvalue weighted by Crippen LogP contribution is -2.40. The van der Waals surface area contributed by atoms with Crippen LogP contribution in [0.2, 0.25) is 0 Å². The second kappa shape index (κ2) is 4.86. The predicted octanol–water partition coefficient (Wildman–Crippen LogP) is 1.28. The van der Waals surface area contributed by atoms with E-state index in [4.69, 9.17) is 9.47 Å². The van der Waals surface area contributed by atoms with Gasteiger partial charge in [0, 0.05) is 19.0 Å². The van der Waals surface area contributed by atoms with Gasteiger partial charge in [0.15, 0.2) is 0 Å².